The minimum atomic E-state index is -0.769. The van der Waals surface area contributed by atoms with Crippen LogP contribution in [-0.2, 0) is 19.7 Å². The molecule has 2 amide bonds. The van der Waals surface area contributed by atoms with E-state index in [1.54, 1.807) is 17.2 Å². The summed E-state index contributed by atoms with van der Waals surface area (Å²) in [4.78, 5) is 42.0. The number of carbonyl (C=O) groups is 3. The normalized spacial score (nSPS) is 17.1. The Balaban J connectivity index is 1.42. The number of aromatic amines is 1. The first-order valence-corrected chi connectivity index (χ1v) is 11.1. The second-order valence-corrected chi connectivity index (χ2v) is 9.00. The summed E-state index contributed by atoms with van der Waals surface area (Å²) < 4.78 is 5.63. The number of methoxy groups -OCH3 is 1. The second kappa shape index (κ2) is 7.74. The molecule has 2 aliphatic heterocycles. The predicted molar refractivity (Wildman–Crippen MR) is 121 cm³/mol. The van der Waals surface area contributed by atoms with Crippen LogP contribution in [-0.4, -0.2) is 59.6 Å². The van der Waals surface area contributed by atoms with Gasteiger partial charge < -0.3 is 14.5 Å². The second-order valence-electron chi connectivity index (χ2n) is 8.15. The van der Waals surface area contributed by atoms with Gasteiger partial charge in [0.15, 0.2) is 0 Å². The van der Waals surface area contributed by atoms with Gasteiger partial charge in [-0.3, -0.25) is 19.5 Å². The molecule has 32 heavy (non-hydrogen) atoms. The number of benzene rings is 2. The molecule has 2 aliphatic rings. The van der Waals surface area contributed by atoms with Crippen molar-refractivity contribution in [1.82, 2.24) is 15.1 Å². The summed E-state index contributed by atoms with van der Waals surface area (Å²) in [5.41, 5.74) is 2.32. The van der Waals surface area contributed by atoms with Gasteiger partial charge in [0.25, 0.3) is 5.91 Å². The Morgan fingerprint density at radius 1 is 1.22 bits per heavy atom. The zero-order valence-electron chi connectivity index (χ0n) is 17.4. The zero-order valence-corrected chi connectivity index (χ0v) is 19.0. The molecule has 5 rings (SSSR count). The first kappa shape index (κ1) is 20.7. The minimum Gasteiger partial charge on any atom is -0.468 e. The molecule has 1 aromatic heterocycles. The molecule has 1 spiro atoms. The number of esters is 1. The van der Waals surface area contributed by atoms with E-state index >= 15 is 0 Å². The molecule has 3 heterocycles. The van der Waals surface area contributed by atoms with Crippen molar-refractivity contribution >= 4 is 50.3 Å². The minimum absolute atomic E-state index is 0.0628. The number of amides is 2. The van der Waals surface area contributed by atoms with Crippen LogP contribution in [0.3, 0.4) is 0 Å². The highest BCUT2D eigenvalue weighted by molar-refractivity contribution is 9.10. The van der Waals surface area contributed by atoms with Gasteiger partial charge in [-0.1, -0.05) is 22.0 Å². The zero-order chi connectivity index (χ0) is 22.5. The molecule has 164 valence electrons. The van der Waals surface area contributed by atoms with Crippen LogP contribution in [0.2, 0.25) is 0 Å². The van der Waals surface area contributed by atoms with Gasteiger partial charge in [0, 0.05) is 39.8 Å². The molecule has 1 fully saturated rings. The predicted octanol–water partition coefficient (Wildman–Crippen LogP) is 3.02. The van der Waals surface area contributed by atoms with Crippen molar-refractivity contribution in [3.63, 3.8) is 0 Å². The fourth-order valence-corrected chi connectivity index (χ4v) is 5.59. The first-order valence-electron chi connectivity index (χ1n) is 10.3. The number of nitrogens with one attached hydrogen (secondary N) is 1. The van der Waals surface area contributed by atoms with Crippen molar-refractivity contribution in [3.05, 3.63) is 58.2 Å². The average molecular weight is 497 g/mol. The fraction of sp³-hybridized carbons (Fsp3) is 0.304. The van der Waals surface area contributed by atoms with Crippen LogP contribution >= 0.6 is 15.9 Å². The Morgan fingerprint density at radius 2 is 2.00 bits per heavy atom. The number of carbonyl (C=O) groups excluding carboxylic acids is 3. The van der Waals surface area contributed by atoms with E-state index in [9.17, 15) is 14.4 Å². The molecular formula is C23H21BrN4O4. The van der Waals surface area contributed by atoms with Crippen LogP contribution in [0.4, 0.5) is 5.69 Å². The maximum absolute atomic E-state index is 13.6. The van der Waals surface area contributed by atoms with Gasteiger partial charge in [0.2, 0.25) is 5.91 Å². The first-order chi connectivity index (χ1) is 15.4. The van der Waals surface area contributed by atoms with Crippen molar-refractivity contribution in [3.8, 4) is 0 Å². The number of anilines is 1. The summed E-state index contributed by atoms with van der Waals surface area (Å²) in [7, 11) is 1.31. The lowest BCUT2D eigenvalue weighted by Gasteiger charge is -2.38. The number of fused-ring (bicyclic) bond motifs is 3. The van der Waals surface area contributed by atoms with Gasteiger partial charge in [0.1, 0.15) is 6.54 Å². The number of aromatic nitrogens is 2. The van der Waals surface area contributed by atoms with Crippen LogP contribution in [0.25, 0.3) is 10.9 Å². The highest BCUT2D eigenvalue weighted by Gasteiger charge is 2.53. The van der Waals surface area contributed by atoms with Gasteiger partial charge in [0.05, 0.1) is 24.2 Å². The molecule has 0 atom stereocenters. The number of nitrogens with zero attached hydrogens (tertiary/aromatic N) is 3. The third-order valence-electron chi connectivity index (χ3n) is 6.52. The number of hydrogen-bond donors (Lipinski definition) is 1. The Kier molecular flexibility index (Phi) is 5.00. The Bertz CT molecular complexity index is 1250. The van der Waals surface area contributed by atoms with E-state index in [2.05, 4.69) is 26.1 Å². The van der Waals surface area contributed by atoms with E-state index in [4.69, 9.17) is 4.74 Å². The van der Waals surface area contributed by atoms with E-state index in [1.807, 2.05) is 30.3 Å². The molecule has 0 aliphatic carbocycles. The standard InChI is InChI=1S/C23H21BrN4O4/c1-32-19(29)13-28-18-4-2-3-16(24)20(18)23(22(28)31)7-9-27(10-8-23)21(30)14-5-6-17-15(11-14)12-25-26-17/h2-6,11-12H,7-10,13H2,1H3,(H,25,26). The number of H-pyrrole nitrogens is 1. The van der Waals surface area contributed by atoms with Gasteiger partial charge in [-0.05, 0) is 43.2 Å². The monoisotopic (exact) mass is 496 g/mol. The molecule has 0 bridgehead atoms. The maximum Gasteiger partial charge on any atom is 0.325 e. The van der Waals surface area contributed by atoms with E-state index in [-0.39, 0.29) is 18.4 Å². The van der Waals surface area contributed by atoms with Crippen LogP contribution in [0.1, 0.15) is 28.8 Å². The largest absolute Gasteiger partial charge is 0.468 e. The molecule has 9 heteroatoms. The molecule has 8 nitrogen and oxygen atoms in total. The number of halogens is 1. The lowest BCUT2D eigenvalue weighted by Crippen LogP contribution is -2.50. The Morgan fingerprint density at radius 3 is 2.75 bits per heavy atom. The summed E-state index contributed by atoms with van der Waals surface area (Å²) in [5, 5.41) is 7.77. The van der Waals surface area contributed by atoms with Crippen molar-refractivity contribution in [2.75, 3.05) is 31.6 Å². The summed E-state index contributed by atoms with van der Waals surface area (Å²) in [6.45, 7) is 0.759. The molecule has 2 aromatic carbocycles. The van der Waals surface area contributed by atoms with Crippen molar-refractivity contribution in [1.29, 1.82) is 0 Å². The van der Waals surface area contributed by atoms with Crippen LogP contribution in [0, 0.1) is 0 Å². The lowest BCUT2D eigenvalue weighted by molar-refractivity contribution is -0.140. The van der Waals surface area contributed by atoms with Crippen molar-refractivity contribution in [2.45, 2.75) is 18.3 Å². The number of hydrogen-bond acceptors (Lipinski definition) is 5. The summed E-state index contributed by atoms with van der Waals surface area (Å²) >= 11 is 3.61. The smallest absolute Gasteiger partial charge is 0.325 e. The number of piperidine rings is 1. The van der Waals surface area contributed by atoms with Gasteiger partial charge in [-0.2, -0.15) is 5.10 Å². The summed E-state index contributed by atoms with van der Waals surface area (Å²) in [5.74, 6) is -0.646. The quantitative estimate of drug-likeness (QED) is 0.562. The van der Waals surface area contributed by atoms with E-state index in [0.717, 1.165) is 26.6 Å². The highest BCUT2D eigenvalue weighted by Crippen LogP contribution is 2.51. The number of ether oxygens (including phenoxy) is 1. The molecular weight excluding hydrogens is 476 g/mol. The average Bonchev–Trinajstić information content (AvgIpc) is 3.37. The van der Waals surface area contributed by atoms with Crippen LogP contribution in [0.15, 0.2) is 47.1 Å². The van der Waals surface area contributed by atoms with Crippen molar-refractivity contribution < 1.29 is 19.1 Å². The van der Waals surface area contributed by atoms with Gasteiger partial charge in [-0.15, -0.1) is 0 Å². The Hall–Kier alpha value is -3.20. The molecule has 0 radical (unpaired) electrons. The third kappa shape index (κ3) is 3.10. The molecule has 0 unspecified atom stereocenters. The van der Waals surface area contributed by atoms with E-state index in [1.165, 1.54) is 12.0 Å². The SMILES string of the molecule is COC(=O)CN1C(=O)C2(CCN(C(=O)c3ccc4[nH]ncc4c3)CC2)c2c(Br)cccc21. The van der Waals surface area contributed by atoms with Gasteiger partial charge >= 0.3 is 5.97 Å². The van der Waals surface area contributed by atoms with Crippen LogP contribution < -0.4 is 4.90 Å². The third-order valence-corrected chi connectivity index (χ3v) is 7.18. The highest BCUT2D eigenvalue weighted by atomic mass is 79.9. The van der Waals surface area contributed by atoms with Crippen molar-refractivity contribution in [2.24, 2.45) is 0 Å². The summed E-state index contributed by atoms with van der Waals surface area (Å²) in [6, 6.07) is 11.1. The number of likely N-dealkylation sites (tertiary alicyclic amines) is 1. The van der Waals surface area contributed by atoms with Crippen LogP contribution in [0.5, 0.6) is 0 Å². The summed E-state index contributed by atoms with van der Waals surface area (Å²) in [6.07, 6.45) is 2.66. The van der Waals surface area contributed by atoms with E-state index in [0.29, 0.717) is 31.5 Å². The van der Waals surface area contributed by atoms with Gasteiger partial charge in [-0.25, -0.2) is 0 Å². The molecule has 1 saturated heterocycles. The maximum atomic E-state index is 13.6. The number of rotatable bonds is 3. The molecule has 3 aromatic rings. The molecule has 1 N–H and O–H groups in total. The lowest BCUT2D eigenvalue weighted by atomic mass is 9.73. The topological polar surface area (TPSA) is 95.6 Å². The molecule has 0 saturated carbocycles. The fourth-order valence-electron chi connectivity index (χ4n) is 4.85. The van der Waals surface area contributed by atoms with E-state index < -0.39 is 11.4 Å². The Labute approximate surface area is 192 Å².